The number of aromatic nitrogens is 4. The van der Waals surface area contributed by atoms with Crippen LogP contribution in [0.15, 0.2) is 53.8 Å². The SMILES string of the molecule is COc1ncc(-c2ccc3ncnc(N4CCN(OC(=O)C(C)(C)C)CC4)c3n2)cc1S(=O)(=O)Nc1c(F)cccc1F. The zero-order chi connectivity index (χ0) is 30.9. The van der Waals surface area contributed by atoms with E-state index in [4.69, 9.17) is 14.6 Å². The quantitative estimate of drug-likeness (QED) is 0.326. The molecule has 15 heteroatoms. The number of halogens is 2. The Kier molecular flexibility index (Phi) is 8.12. The number of piperazine rings is 1. The lowest BCUT2D eigenvalue weighted by atomic mass is 9.98. The van der Waals surface area contributed by atoms with Crippen molar-refractivity contribution >= 4 is 38.5 Å². The summed E-state index contributed by atoms with van der Waals surface area (Å²) in [6, 6.07) is 7.61. The minimum Gasteiger partial charge on any atom is -0.480 e. The van der Waals surface area contributed by atoms with E-state index in [1.54, 1.807) is 38.0 Å². The Balaban J connectivity index is 1.45. The molecule has 1 aliphatic heterocycles. The number of hydrogen-bond acceptors (Lipinski definition) is 11. The molecule has 0 unspecified atom stereocenters. The molecule has 0 radical (unpaired) electrons. The molecule has 4 heterocycles. The van der Waals surface area contributed by atoms with E-state index in [2.05, 4.69) is 15.0 Å². The van der Waals surface area contributed by atoms with Crippen LogP contribution < -0.4 is 14.4 Å². The minimum atomic E-state index is -4.54. The molecule has 0 bridgehead atoms. The summed E-state index contributed by atoms with van der Waals surface area (Å²) in [4.78, 5) is 37.0. The van der Waals surface area contributed by atoms with Crippen molar-refractivity contribution in [2.45, 2.75) is 25.7 Å². The zero-order valence-electron chi connectivity index (χ0n) is 23.8. The molecule has 3 aromatic heterocycles. The summed E-state index contributed by atoms with van der Waals surface area (Å²) in [5.41, 5.74) is 0.220. The van der Waals surface area contributed by atoms with Crippen molar-refractivity contribution < 1.29 is 31.6 Å². The van der Waals surface area contributed by atoms with Crippen LogP contribution in [0.5, 0.6) is 5.88 Å². The summed E-state index contributed by atoms with van der Waals surface area (Å²) in [6.45, 7) is 7.27. The fourth-order valence-electron chi connectivity index (χ4n) is 4.27. The maximum absolute atomic E-state index is 14.2. The van der Waals surface area contributed by atoms with Crippen molar-refractivity contribution in [3.05, 3.63) is 60.6 Å². The average Bonchev–Trinajstić information content (AvgIpc) is 2.98. The molecule has 1 N–H and O–H groups in total. The average molecular weight is 614 g/mol. The largest absolute Gasteiger partial charge is 0.480 e. The molecule has 0 spiro atoms. The van der Waals surface area contributed by atoms with Crippen LogP contribution in [0.25, 0.3) is 22.3 Å². The molecule has 0 amide bonds. The summed E-state index contributed by atoms with van der Waals surface area (Å²) in [5, 5.41) is 1.62. The predicted molar refractivity (Wildman–Crippen MR) is 154 cm³/mol. The van der Waals surface area contributed by atoms with Crippen LogP contribution in [0.2, 0.25) is 0 Å². The highest BCUT2D eigenvalue weighted by Crippen LogP contribution is 2.32. The molecule has 226 valence electrons. The van der Waals surface area contributed by atoms with Crippen LogP contribution >= 0.6 is 0 Å². The third-order valence-corrected chi connectivity index (χ3v) is 7.97. The van der Waals surface area contributed by atoms with Gasteiger partial charge in [0, 0.05) is 24.8 Å². The van der Waals surface area contributed by atoms with Gasteiger partial charge in [-0.3, -0.25) is 4.72 Å². The van der Waals surface area contributed by atoms with E-state index in [0.717, 1.165) is 18.2 Å². The normalized spacial score (nSPS) is 14.5. The molecule has 1 aliphatic rings. The summed E-state index contributed by atoms with van der Waals surface area (Å²) in [5.74, 6) is -2.20. The number of para-hydroxylation sites is 1. The second-order valence-electron chi connectivity index (χ2n) is 10.7. The second kappa shape index (κ2) is 11.6. The first-order valence-electron chi connectivity index (χ1n) is 13.2. The molecule has 1 aromatic carbocycles. The number of ether oxygens (including phenoxy) is 1. The first kappa shape index (κ1) is 30.0. The number of sulfonamides is 1. The highest BCUT2D eigenvalue weighted by atomic mass is 32.2. The van der Waals surface area contributed by atoms with E-state index >= 15 is 0 Å². The summed E-state index contributed by atoms with van der Waals surface area (Å²) < 4.78 is 62.0. The van der Waals surface area contributed by atoms with Gasteiger partial charge in [0.05, 0.1) is 36.8 Å². The van der Waals surface area contributed by atoms with Crippen molar-refractivity contribution in [3.63, 3.8) is 0 Å². The first-order chi connectivity index (χ1) is 20.4. The fraction of sp³-hybridized carbons (Fsp3) is 0.321. The highest BCUT2D eigenvalue weighted by molar-refractivity contribution is 7.92. The van der Waals surface area contributed by atoms with Gasteiger partial charge in [-0.1, -0.05) is 6.07 Å². The summed E-state index contributed by atoms with van der Waals surface area (Å²) >= 11 is 0. The van der Waals surface area contributed by atoms with Gasteiger partial charge in [-0.2, -0.15) is 0 Å². The number of methoxy groups -OCH3 is 1. The van der Waals surface area contributed by atoms with E-state index < -0.39 is 37.7 Å². The standard InChI is InChI=1S/C28H29F2N7O5S/c1-28(2,3)27(38)42-37-12-10-36(11-13-37)25-24-21(32-16-33-25)9-8-20(34-24)17-14-22(26(41-4)31-15-17)43(39,40)35-23-18(29)6-5-7-19(23)30/h5-9,14-16,35H,10-13H2,1-4H3. The van der Waals surface area contributed by atoms with E-state index in [0.29, 0.717) is 54.3 Å². The Morgan fingerprint density at radius 2 is 1.70 bits per heavy atom. The van der Waals surface area contributed by atoms with Crippen LogP contribution in [0.4, 0.5) is 20.3 Å². The van der Waals surface area contributed by atoms with Gasteiger partial charge in [-0.15, -0.1) is 5.06 Å². The molecule has 0 atom stereocenters. The van der Waals surface area contributed by atoms with Crippen LogP contribution in [-0.4, -0.2) is 72.7 Å². The van der Waals surface area contributed by atoms with Crippen LogP contribution in [-0.2, 0) is 19.7 Å². The lowest BCUT2D eigenvalue weighted by molar-refractivity contribution is -0.201. The Bertz CT molecular complexity index is 1770. The highest BCUT2D eigenvalue weighted by Gasteiger charge is 2.29. The van der Waals surface area contributed by atoms with Crippen molar-refractivity contribution in [2.75, 3.05) is 42.9 Å². The molecule has 1 saturated heterocycles. The van der Waals surface area contributed by atoms with Crippen molar-refractivity contribution in [1.82, 2.24) is 25.0 Å². The van der Waals surface area contributed by atoms with Gasteiger partial charge < -0.3 is 14.5 Å². The molecular formula is C28H29F2N7O5S. The number of benzene rings is 1. The van der Waals surface area contributed by atoms with Crippen molar-refractivity contribution in [3.8, 4) is 17.1 Å². The van der Waals surface area contributed by atoms with Gasteiger partial charge in [0.1, 0.15) is 34.1 Å². The summed E-state index contributed by atoms with van der Waals surface area (Å²) in [6.07, 6.45) is 2.81. The van der Waals surface area contributed by atoms with E-state index in [1.165, 1.54) is 25.7 Å². The Hall–Kier alpha value is -4.50. The molecule has 0 aliphatic carbocycles. The van der Waals surface area contributed by atoms with Gasteiger partial charge in [0.15, 0.2) is 5.82 Å². The number of nitrogens with one attached hydrogen (secondary N) is 1. The number of carbonyl (C=O) groups is 1. The second-order valence-corrected chi connectivity index (χ2v) is 12.4. The minimum absolute atomic E-state index is 0.275. The predicted octanol–water partition coefficient (Wildman–Crippen LogP) is 3.80. The van der Waals surface area contributed by atoms with Gasteiger partial charge in [0.25, 0.3) is 10.0 Å². The monoisotopic (exact) mass is 613 g/mol. The lowest BCUT2D eigenvalue weighted by Gasteiger charge is -2.35. The Labute approximate surface area is 246 Å². The van der Waals surface area contributed by atoms with Crippen LogP contribution in [0.1, 0.15) is 20.8 Å². The number of fused-ring (bicyclic) bond motifs is 1. The number of hydroxylamine groups is 2. The Morgan fingerprint density at radius 1 is 1.00 bits per heavy atom. The smallest absolute Gasteiger partial charge is 0.330 e. The van der Waals surface area contributed by atoms with Crippen molar-refractivity contribution in [2.24, 2.45) is 5.41 Å². The van der Waals surface area contributed by atoms with Crippen LogP contribution in [0.3, 0.4) is 0 Å². The van der Waals surface area contributed by atoms with Gasteiger partial charge >= 0.3 is 5.97 Å². The fourth-order valence-corrected chi connectivity index (χ4v) is 5.49. The van der Waals surface area contributed by atoms with E-state index in [9.17, 15) is 22.0 Å². The molecule has 0 saturated carbocycles. The van der Waals surface area contributed by atoms with Crippen molar-refractivity contribution in [1.29, 1.82) is 0 Å². The molecule has 12 nitrogen and oxygen atoms in total. The molecule has 4 aromatic rings. The third kappa shape index (κ3) is 6.32. The third-order valence-electron chi connectivity index (χ3n) is 6.62. The number of anilines is 2. The van der Waals surface area contributed by atoms with E-state index in [-0.39, 0.29) is 11.8 Å². The molecular weight excluding hydrogens is 584 g/mol. The maximum Gasteiger partial charge on any atom is 0.330 e. The molecule has 5 rings (SSSR count). The Morgan fingerprint density at radius 3 is 2.35 bits per heavy atom. The zero-order valence-corrected chi connectivity index (χ0v) is 24.7. The van der Waals surface area contributed by atoms with Gasteiger partial charge in [-0.25, -0.2) is 41.9 Å². The molecule has 1 fully saturated rings. The topological polar surface area (TPSA) is 140 Å². The number of pyridine rings is 2. The number of rotatable bonds is 7. The van der Waals surface area contributed by atoms with Crippen LogP contribution in [0, 0.1) is 17.0 Å². The number of nitrogens with zero attached hydrogens (tertiary/aromatic N) is 6. The van der Waals surface area contributed by atoms with Gasteiger partial charge in [0.2, 0.25) is 5.88 Å². The lowest BCUT2D eigenvalue weighted by Crippen LogP contribution is -2.48. The number of carbonyl (C=O) groups excluding carboxylic acids is 1. The summed E-state index contributed by atoms with van der Waals surface area (Å²) in [7, 11) is -3.31. The first-order valence-corrected chi connectivity index (χ1v) is 14.7. The van der Waals surface area contributed by atoms with Gasteiger partial charge in [-0.05, 0) is 51.1 Å². The number of hydrogen-bond donors (Lipinski definition) is 1. The molecule has 43 heavy (non-hydrogen) atoms. The maximum atomic E-state index is 14.2. The van der Waals surface area contributed by atoms with E-state index in [1.807, 2.05) is 9.62 Å².